The van der Waals surface area contributed by atoms with Crippen LogP contribution in [0.3, 0.4) is 0 Å². The number of hydrogen-bond donors (Lipinski definition) is 1. The number of carbonyl (C=O) groups is 2. The molecule has 8 heteroatoms. The lowest BCUT2D eigenvalue weighted by molar-refractivity contribution is -0.130. The zero-order valence-corrected chi connectivity index (χ0v) is 19.1. The van der Waals surface area contributed by atoms with Gasteiger partial charge in [-0.1, -0.05) is 12.1 Å². The molecule has 0 bridgehead atoms. The van der Waals surface area contributed by atoms with Crippen LogP contribution in [-0.4, -0.2) is 65.4 Å². The van der Waals surface area contributed by atoms with Gasteiger partial charge in [0.25, 0.3) is 5.91 Å². The highest BCUT2D eigenvalue weighted by molar-refractivity contribution is 5.94. The topological polar surface area (TPSA) is 87.7 Å². The van der Waals surface area contributed by atoms with Crippen LogP contribution in [0, 0.1) is 0 Å². The fourth-order valence-corrected chi connectivity index (χ4v) is 4.58. The van der Waals surface area contributed by atoms with Gasteiger partial charge in [0.1, 0.15) is 11.6 Å². The summed E-state index contributed by atoms with van der Waals surface area (Å²) in [6.07, 6.45) is 2.62. The summed E-state index contributed by atoms with van der Waals surface area (Å²) in [5, 5.41) is 3.22. The molecule has 1 aromatic heterocycles. The van der Waals surface area contributed by atoms with Crippen molar-refractivity contribution in [3.8, 4) is 0 Å². The van der Waals surface area contributed by atoms with Crippen molar-refractivity contribution in [2.45, 2.75) is 45.3 Å². The number of benzene rings is 1. The molecule has 1 aromatic carbocycles. The summed E-state index contributed by atoms with van der Waals surface area (Å²) in [7, 11) is 3.53. The van der Waals surface area contributed by atoms with Gasteiger partial charge >= 0.3 is 0 Å². The van der Waals surface area contributed by atoms with E-state index >= 15 is 0 Å². The first-order valence-corrected chi connectivity index (χ1v) is 11.2. The average molecular weight is 438 g/mol. The maximum atomic E-state index is 13.1. The van der Waals surface area contributed by atoms with Crippen LogP contribution in [0.25, 0.3) is 0 Å². The van der Waals surface area contributed by atoms with Gasteiger partial charge in [0, 0.05) is 57.8 Å². The van der Waals surface area contributed by atoms with Crippen molar-refractivity contribution in [2.75, 3.05) is 39.1 Å². The molecule has 3 heterocycles. The summed E-state index contributed by atoms with van der Waals surface area (Å²) in [4.78, 5) is 38.4. The summed E-state index contributed by atoms with van der Waals surface area (Å²) in [6, 6.07) is 7.57. The maximum absolute atomic E-state index is 13.1. The molecule has 1 N–H and O–H groups in total. The number of nitrogens with zero attached hydrogens (tertiary/aromatic N) is 4. The quantitative estimate of drug-likeness (QED) is 0.774. The highest BCUT2D eigenvalue weighted by Crippen LogP contribution is 2.30. The van der Waals surface area contributed by atoms with Crippen LogP contribution in [0.4, 0.5) is 5.82 Å². The number of aromatic nitrogens is 2. The number of piperidine rings is 1. The number of ether oxygens (including phenoxy) is 1. The minimum atomic E-state index is 0.00575. The molecule has 8 nitrogen and oxygen atoms in total. The number of hydrogen-bond acceptors (Lipinski definition) is 6. The normalized spacial score (nSPS) is 18.3. The molecule has 0 saturated carbocycles. The Labute approximate surface area is 189 Å². The van der Waals surface area contributed by atoms with Crippen molar-refractivity contribution >= 4 is 17.6 Å². The zero-order valence-electron chi connectivity index (χ0n) is 19.1. The number of rotatable bonds is 5. The Morgan fingerprint density at radius 1 is 1.16 bits per heavy atom. The number of fused-ring (bicyclic) bond motifs is 1. The Kier molecular flexibility index (Phi) is 6.69. The molecule has 32 heavy (non-hydrogen) atoms. The summed E-state index contributed by atoms with van der Waals surface area (Å²) in [5.74, 6) is 1.81. The average Bonchev–Trinajstić information content (AvgIpc) is 2.83. The van der Waals surface area contributed by atoms with E-state index in [1.165, 1.54) is 0 Å². The molecule has 2 amide bonds. The second-order valence-electron chi connectivity index (χ2n) is 8.52. The van der Waals surface area contributed by atoms with Gasteiger partial charge in [-0.15, -0.1) is 0 Å². The van der Waals surface area contributed by atoms with E-state index in [2.05, 4.69) is 5.32 Å². The van der Waals surface area contributed by atoms with E-state index in [-0.39, 0.29) is 17.7 Å². The molecule has 0 unspecified atom stereocenters. The van der Waals surface area contributed by atoms with E-state index in [9.17, 15) is 9.59 Å². The minimum Gasteiger partial charge on any atom is -0.380 e. The van der Waals surface area contributed by atoms with E-state index < -0.39 is 0 Å². The second kappa shape index (κ2) is 9.65. The van der Waals surface area contributed by atoms with Crippen LogP contribution in [-0.2, 0) is 29.1 Å². The first-order chi connectivity index (χ1) is 15.5. The third kappa shape index (κ3) is 4.60. The lowest BCUT2D eigenvalue weighted by atomic mass is 9.96. The number of methoxy groups -OCH3 is 1. The molecule has 2 aliphatic heterocycles. The molecule has 1 atom stereocenters. The number of amides is 2. The molecule has 0 aliphatic carbocycles. The third-order valence-corrected chi connectivity index (χ3v) is 6.35. The molecular weight excluding hydrogens is 406 g/mol. The van der Waals surface area contributed by atoms with Gasteiger partial charge < -0.3 is 19.9 Å². The number of nitrogens with one attached hydrogen (secondary N) is 1. The van der Waals surface area contributed by atoms with E-state index in [0.717, 1.165) is 47.8 Å². The Bertz CT molecular complexity index is 992. The van der Waals surface area contributed by atoms with Crippen molar-refractivity contribution in [1.29, 1.82) is 0 Å². The number of likely N-dealkylation sites (tertiary alicyclic amines) is 1. The summed E-state index contributed by atoms with van der Waals surface area (Å²) < 4.78 is 5.15. The standard InChI is InChI=1S/C24H31N5O3/c1-16(30)28-11-4-5-19(13-28)22-26-21-14-29(12-10-20(21)23(25-2)27-22)24(31)18-8-6-17(7-9-18)15-32-3/h6-9,19H,4-5,10-15H2,1-3H3,(H,25,26,27)/t19-/m0/s1. The lowest BCUT2D eigenvalue weighted by Crippen LogP contribution is -2.39. The maximum Gasteiger partial charge on any atom is 0.254 e. The van der Waals surface area contributed by atoms with E-state index in [1.807, 2.05) is 41.1 Å². The molecule has 2 aliphatic rings. The SMILES string of the molecule is CNc1nc([C@H]2CCCN(C(C)=O)C2)nc2c1CCN(C(=O)c1ccc(COC)cc1)C2. The molecule has 1 saturated heterocycles. The van der Waals surface area contributed by atoms with Gasteiger partial charge in [0.05, 0.1) is 18.8 Å². The molecule has 2 aromatic rings. The fourth-order valence-electron chi connectivity index (χ4n) is 4.58. The molecular formula is C24H31N5O3. The highest BCUT2D eigenvalue weighted by atomic mass is 16.5. The van der Waals surface area contributed by atoms with Crippen LogP contribution in [0.1, 0.15) is 58.7 Å². The van der Waals surface area contributed by atoms with E-state index in [4.69, 9.17) is 14.7 Å². The monoisotopic (exact) mass is 437 g/mol. The van der Waals surface area contributed by atoms with Crippen molar-refractivity contribution in [3.05, 3.63) is 52.5 Å². The van der Waals surface area contributed by atoms with Gasteiger partial charge in [-0.25, -0.2) is 9.97 Å². The summed E-state index contributed by atoms with van der Waals surface area (Å²) in [5.41, 5.74) is 3.68. The Morgan fingerprint density at radius 2 is 1.94 bits per heavy atom. The van der Waals surface area contributed by atoms with Crippen molar-refractivity contribution in [2.24, 2.45) is 0 Å². The first kappa shape index (κ1) is 22.2. The van der Waals surface area contributed by atoms with Gasteiger partial charge in [0.2, 0.25) is 5.91 Å². The zero-order chi connectivity index (χ0) is 22.7. The molecule has 0 radical (unpaired) electrons. The second-order valence-corrected chi connectivity index (χ2v) is 8.52. The Balaban J connectivity index is 1.55. The Hall–Kier alpha value is -3.00. The lowest BCUT2D eigenvalue weighted by Gasteiger charge is -2.33. The smallest absolute Gasteiger partial charge is 0.254 e. The van der Waals surface area contributed by atoms with E-state index in [0.29, 0.717) is 38.2 Å². The fraction of sp³-hybridized carbons (Fsp3) is 0.500. The Morgan fingerprint density at radius 3 is 2.62 bits per heavy atom. The minimum absolute atomic E-state index is 0.00575. The summed E-state index contributed by atoms with van der Waals surface area (Å²) in [6.45, 7) is 4.67. The molecule has 1 fully saturated rings. The number of anilines is 1. The van der Waals surface area contributed by atoms with Crippen LogP contribution in [0.15, 0.2) is 24.3 Å². The largest absolute Gasteiger partial charge is 0.380 e. The highest BCUT2D eigenvalue weighted by Gasteiger charge is 2.29. The van der Waals surface area contributed by atoms with Crippen molar-refractivity contribution < 1.29 is 14.3 Å². The van der Waals surface area contributed by atoms with Gasteiger partial charge in [0.15, 0.2) is 0 Å². The van der Waals surface area contributed by atoms with Crippen molar-refractivity contribution in [3.63, 3.8) is 0 Å². The predicted octanol–water partition coefficient (Wildman–Crippen LogP) is 2.59. The molecule has 0 spiro atoms. The van der Waals surface area contributed by atoms with Crippen molar-refractivity contribution in [1.82, 2.24) is 19.8 Å². The van der Waals surface area contributed by atoms with Crippen LogP contribution >= 0.6 is 0 Å². The van der Waals surface area contributed by atoms with Crippen LogP contribution < -0.4 is 5.32 Å². The van der Waals surface area contributed by atoms with E-state index in [1.54, 1.807) is 14.0 Å². The summed E-state index contributed by atoms with van der Waals surface area (Å²) >= 11 is 0. The molecule has 170 valence electrons. The predicted molar refractivity (Wildman–Crippen MR) is 121 cm³/mol. The van der Waals surface area contributed by atoms with Crippen LogP contribution in [0.2, 0.25) is 0 Å². The molecule has 4 rings (SSSR count). The van der Waals surface area contributed by atoms with Gasteiger partial charge in [-0.3, -0.25) is 9.59 Å². The third-order valence-electron chi connectivity index (χ3n) is 6.35. The number of carbonyl (C=O) groups excluding carboxylic acids is 2. The van der Waals surface area contributed by atoms with Gasteiger partial charge in [-0.05, 0) is 37.0 Å². The van der Waals surface area contributed by atoms with Gasteiger partial charge in [-0.2, -0.15) is 0 Å². The van der Waals surface area contributed by atoms with Crippen LogP contribution in [0.5, 0.6) is 0 Å². The first-order valence-electron chi connectivity index (χ1n) is 11.2.